The normalized spacial score (nSPS) is 10.7. The molecular formula is C29H36N2O6. The van der Waals surface area contributed by atoms with Crippen LogP contribution in [0, 0.1) is 6.92 Å². The Balaban J connectivity index is 1.74. The van der Waals surface area contributed by atoms with Crippen molar-refractivity contribution in [2.45, 2.75) is 26.3 Å². The van der Waals surface area contributed by atoms with E-state index in [9.17, 15) is 9.59 Å². The van der Waals surface area contributed by atoms with Gasteiger partial charge in [-0.1, -0.05) is 36.4 Å². The number of ether oxygens (including phenoxy) is 3. The number of carbonyl (C=O) groups is 2. The van der Waals surface area contributed by atoms with Crippen molar-refractivity contribution in [2.24, 2.45) is 0 Å². The van der Waals surface area contributed by atoms with Crippen LogP contribution in [0.15, 0.2) is 65.1 Å². The number of hydrogen-bond acceptors (Lipinski definition) is 6. The van der Waals surface area contributed by atoms with E-state index in [1.165, 1.54) is 0 Å². The van der Waals surface area contributed by atoms with E-state index in [0.29, 0.717) is 49.9 Å². The highest BCUT2D eigenvalue weighted by Gasteiger charge is 2.22. The van der Waals surface area contributed by atoms with Crippen molar-refractivity contribution in [2.75, 3.05) is 47.6 Å². The molecule has 0 aliphatic carbocycles. The molecule has 37 heavy (non-hydrogen) atoms. The summed E-state index contributed by atoms with van der Waals surface area (Å²) >= 11 is 0. The Morgan fingerprint density at radius 3 is 2.22 bits per heavy atom. The van der Waals surface area contributed by atoms with Gasteiger partial charge in [0.1, 0.15) is 11.5 Å². The first-order valence-electron chi connectivity index (χ1n) is 12.3. The van der Waals surface area contributed by atoms with E-state index in [4.69, 9.17) is 18.6 Å². The van der Waals surface area contributed by atoms with Gasteiger partial charge in [-0.15, -0.1) is 0 Å². The van der Waals surface area contributed by atoms with Crippen LogP contribution < -0.4 is 9.47 Å². The zero-order chi connectivity index (χ0) is 26.6. The molecule has 0 saturated carbocycles. The first-order valence-corrected chi connectivity index (χ1v) is 12.3. The summed E-state index contributed by atoms with van der Waals surface area (Å²) in [5, 5.41) is 0. The number of benzene rings is 2. The fourth-order valence-electron chi connectivity index (χ4n) is 3.99. The minimum absolute atomic E-state index is 0.0410. The van der Waals surface area contributed by atoms with Gasteiger partial charge in [0.15, 0.2) is 11.5 Å². The Morgan fingerprint density at radius 2 is 1.57 bits per heavy atom. The monoisotopic (exact) mass is 508 g/mol. The molecule has 0 spiro atoms. The van der Waals surface area contributed by atoms with Gasteiger partial charge in [0.2, 0.25) is 11.8 Å². The predicted octanol–water partition coefficient (Wildman–Crippen LogP) is 3.89. The van der Waals surface area contributed by atoms with Crippen LogP contribution in [0.25, 0.3) is 0 Å². The fourth-order valence-corrected chi connectivity index (χ4v) is 3.99. The summed E-state index contributed by atoms with van der Waals surface area (Å²) in [7, 11) is 4.77. The summed E-state index contributed by atoms with van der Waals surface area (Å²) in [5.74, 6) is 2.48. The van der Waals surface area contributed by atoms with E-state index >= 15 is 0 Å². The number of hydrogen-bond donors (Lipinski definition) is 0. The van der Waals surface area contributed by atoms with Crippen LogP contribution in [-0.2, 0) is 33.7 Å². The number of amides is 2. The highest BCUT2D eigenvalue weighted by Crippen LogP contribution is 2.27. The molecule has 2 aromatic carbocycles. The molecule has 3 aromatic rings. The van der Waals surface area contributed by atoms with Crippen molar-refractivity contribution in [3.63, 3.8) is 0 Å². The van der Waals surface area contributed by atoms with Crippen molar-refractivity contribution < 1.29 is 28.2 Å². The van der Waals surface area contributed by atoms with Gasteiger partial charge in [-0.05, 0) is 48.7 Å². The number of nitrogens with zero attached hydrogens (tertiary/aromatic N) is 2. The van der Waals surface area contributed by atoms with E-state index < -0.39 is 0 Å². The molecule has 0 N–H and O–H groups in total. The Bertz CT molecular complexity index is 1140. The second kappa shape index (κ2) is 14.1. The molecule has 0 saturated heterocycles. The molecule has 1 heterocycles. The highest BCUT2D eigenvalue weighted by atomic mass is 16.5. The van der Waals surface area contributed by atoms with Gasteiger partial charge in [0.25, 0.3) is 0 Å². The molecule has 0 aliphatic rings. The maximum Gasteiger partial charge on any atom is 0.242 e. The third-order valence-electron chi connectivity index (χ3n) is 6.06. The van der Waals surface area contributed by atoms with Crippen molar-refractivity contribution >= 4 is 11.8 Å². The number of rotatable bonds is 14. The average Bonchev–Trinajstić information content (AvgIpc) is 3.33. The van der Waals surface area contributed by atoms with Crippen molar-refractivity contribution in [1.29, 1.82) is 0 Å². The van der Waals surface area contributed by atoms with E-state index in [2.05, 4.69) is 0 Å². The number of furan rings is 1. The van der Waals surface area contributed by atoms with E-state index in [1.807, 2.05) is 67.6 Å². The molecule has 0 bridgehead atoms. The Labute approximate surface area is 218 Å². The Hall–Kier alpha value is -3.78. The van der Waals surface area contributed by atoms with Crippen LogP contribution in [0.4, 0.5) is 0 Å². The van der Waals surface area contributed by atoms with Crippen LogP contribution in [0.3, 0.4) is 0 Å². The van der Waals surface area contributed by atoms with Gasteiger partial charge in [0.05, 0.1) is 40.3 Å². The highest BCUT2D eigenvalue weighted by molar-refractivity contribution is 5.86. The lowest BCUT2D eigenvalue weighted by molar-refractivity contribution is -0.141. The number of methoxy groups -OCH3 is 3. The van der Waals surface area contributed by atoms with Crippen molar-refractivity contribution in [3.05, 3.63) is 83.3 Å². The molecule has 0 fully saturated rings. The molecule has 0 aliphatic heterocycles. The smallest absolute Gasteiger partial charge is 0.242 e. The van der Waals surface area contributed by atoms with Crippen LogP contribution >= 0.6 is 0 Å². The van der Waals surface area contributed by atoms with Gasteiger partial charge >= 0.3 is 0 Å². The quantitative estimate of drug-likeness (QED) is 0.329. The molecule has 8 heteroatoms. The summed E-state index contributed by atoms with van der Waals surface area (Å²) in [4.78, 5) is 29.9. The zero-order valence-electron chi connectivity index (χ0n) is 22.1. The lowest BCUT2D eigenvalue weighted by Crippen LogP contribution is -2.45. The van der Waals surface area contributed by atoms with Gasteiger partial charge in [-0.25, -0.2) is 0 Å². The number of aryl methyl sites for hydroxylation is 1. The first-order chi connectivity index (χ1) is 17.9. The maximum atomic E-state index is 13.5. The van der Waals surface area contributed by atoms with Crippen molar-refractivity contribution in [3.8, 4) is 11.5 Å². The summed E-state index contributed by atoms with van der Waals surface area (Å²) in [6.45, 7) is 3.26. The van der Waals surface area contributed by atoms with Crippen LogP contribution in [0.1, 0.15) is 22.6 Å². The first kappa shape index (κ1) is 27.8. The summed E-state index contributed by atoms with van der Waals surface area (Å²) in [5.41, 5.74) is 1.90. The molecule has 3 rings (SSSR count). The lowest BCUT2D eigenvalue weighted by atomic mass is 10.1. The topological polar surface area (TPSA) is 81.5 Å². The van der Waals surface area contributed by atoms with Gasteiger partial charge < -0.3 is 28.4 Å². The standard InChI is InChI=1S/C29H36N2O6/c1-22-10-12-25(37-22)20-30(15-14-24-11-13-26(35-3)27(18-24)36-4)29(33)21-31(16-17-34-2)28(32)19-23-8-6-5-7-9-23/h5-13,18H,14-17,19-21H2,1-4H3. The lowest BCUT2D eigenvalue weighted by Gasteiger charge is -2.27. The average molecular weight is 509 g/mol. The van der Waals surface area contributed by atoms with Gasteiger partial charge in [0, 0.05) is 20.2 Å². The van der Waals surface area contributed by atoms with E-state index in [-0.39, 0.29) is 24.8 Å². The van der Waals surface area contributed by atoms with Crippen molar-refractivity contribution in [1.82, 2.24) is 9.80 Å². The summed E-state index contributed by atoms with van der Waals surface area (Å²) < 4.78 is 21.7. The van der Waals surface area contributed by atoms with E-state index in [1.54, 1.807) is 31.1 Å². The van der Waals surface area contributed by atoms with E-state index in [0.717, 1.165) is 16.9 Å². The molecule has 198 valence electrons. The predicted molar refractivity (Wildman–Crippen MR) is 141 cm³/mol. The molecule has 8 nitrogen and oxygen atoms in total. The van der Waals surface area contributed by atoms with Gasteiger partial charge in [-0.3, -0.25) is 9.59 Å². The number of carbonyl (C=O) groups excluding carboxylic acids is 2. The largest absolute Gasteiger partial charge is 0.493 e. The summed E-state index contributed by atoms with van der Waals surface area (Å²) in [6, 6.07) is 19.0. The molecule has 0 atom stereocenters. The van der Waals surface area contributed by atoms with Gasteiger partial charge in [-0.2, -0.15) is 0 Å². The molecular weight excluding hydrogens is 472 g/mol. The third kappa shape index (κ3) is 8.39. The Morgan fingerprint density at radius 1 is 0.811 bits per heavy atom. The minimum Gasteiger partial charge on any atom is -0.493 e. The zero-order valence-corrected chi connectivity index (χ0v) is 22.1. The molecule has 0 unspecified atom stereocenters. The minimum atomic E-state index is -0.160. The van der Waals surface area contributed by atoms with Crippen LogP contribution in [0.2, 0.25) is 0 Å². The third-order valence-corrected chi connectivity index (χ3v) is 6.06. The van der Waals surface area contributed by atoms with Crippen LogP contribution in [0.5, 0.6) is 11.5 Å². The molecule has 1 aromatic heterocycles. The second-order valence-corrected chi connectivity index (χ2v) is 8.74. The summed E-state index contributed by atoms with van der Waals surface area (Å²) in [6.07, 6.45) is 0.822. The molecule has 2 amide bonds. The second-order valence-electron chi connectivity index (χ2n) is 8.74. The fraction of sp³-hybridized carbons (Fsp3) is 0.379. The maximum absolute atomic E-state index is 13.5. The van der Waals surface area contributed by atoms with Crippen LogP contribution in [-0.4, -0.2) is 69.2 Å². The molecule has 0 radical (unpaired) electrons. The Kier molecular flexibility index (Phi) is 10.6. The SMILES string of the molecule is COCCN(CC(=O)N(CCc1ccc(OC)c(OC)c1)Cc1ccc(C)o1)C(=O)Cc1ccccc1.